The highest BCUT2D eigenvalue weighted by Gasteiger charge is 2.11. The molecule has 5 nitrogen and oxygen atoms in total. The molecule has 1 aromatic heterocycles. The zero-order valence-electron chi connectivity index (χ0n) is 11.3. The summed E-state index contributed by atoms with van der Waals surface area (Å²) in [5, 5.41) is 9.77. The molecule has 0 fully saturated rings. The van der Waals surface area contributed by atoms with Gasteiger partial charge in [0.1, 0.15) is 34.1 Å². The minimum atomic E-state index is 0.316. The molecule has 0 radical (unpaired) electrons. The van der Waals surface area contributed by atoms with E-state index in [4.69, 9.17) is 19.5 Å². The molecular weight excluding hydrogens is 276 g/mol. The van der Waals surface area contributed by atoms with Crippen LogP contribution in [0.2, 0.25) is 0 Å². The fourth-order valence-corrected chi connectivity index (χ4v) is 2.40. The normalized spacial score (nSPS) is 10.1. The zero-order valence-corrected chi connectivity index (χ0v) is 12.1. The SMILES string of the molecule is COCc1nc(COc2cccc(OC)c2)sc1C#N. The quantitative estimate of drug-likeness (QED) is 0.818. The van der Waals surface area contributed by atoms with Gasteiger partial charge in [-0.3, -0.25) is 0 Å². The van der Waals surface area contributed by atoms with Crippen LogP contribution in [0.1, 0.15) is 15.6 Å². The first-order chi connectivity index (χ1) is 9.76. The van der Waals surface area contributed by atoms with Gasteiger partial charge >= 0.3 is 0 Å². The van der Waals surface area contributed by atoms with Crippen LogP contribution in [-0.2, 0) is 18.0 Å². The molecule has 0 aliphatic rings. The lowest BCUT2D eigenvalue weighted by Crippen LogP contribution is -1.96. The molecule has 0 atom stereocenters. The first-order valence-corrected chi connectivity index (χ1v) is 6.73. The summed E-state index contributed by atoms with van der Waals surface area (Å²) in [6.07, 6.45) is 0. The van der Waals surface area contributed by atoms with Gasteiger partial charge in [0.25, 0.3) is 0 Å². The van der Waals surface area contributed by atoms with Crippen LogP contribution in [0, 0.1) is 11.3 Å². The maximum Gasteiger partial charge on any atom is 0.140 e. The zero-order chi connectivity index (χ0) is 14.4. The van der Waals surface area contributed by atoms with Gasteiger partial charge < -0.3 is 14.2 Å². The molecule has 0 aliphatic heterocycles. The van der Waals surface area contributed by atoms with Crippen LogP contribution < -0.4 is 9.47 Å². The summed E-state index contributed by atoms with van der Waals surface area (Å²) in [6, 6.07) is 9.46. The Bertz CT molecular complexity index is 619. The number of rotatable bonds is 6. The van der Waals surface area contributed by atoms with Crippen molar-refractivity contribution >= 4 is 11.3 Å². The van der Waals surface area contributed by atoms with Gasteiger partial charge in [-0.15, -0.1) is 11.3 Å². The van der Waals surface area contributed by atoms with Crippen molar-refractivity contribution < 1.29 is 14.2 Å². The minimum absolute atomic E-state index is 0.316. The van der Waals surface area contributed by atoms with Crippen LogP contribution in [0.15, 0.2) is 24.3 Å². The molecule has 1 heterocycles. The third-order valence-corrected chi connectivity index (χ3v) is 3.50. The van der Waals surface area contributed by atoms with Crippen LogP contribution in [0.3, 0.4) is 0 Å². The number of hydrogen-bond donors (Lipinski definition) is 0. The van der Waals surface area contributed by atoms with Crippen molar-refractivity contribution in [3.63, 3.8) is 0 Å². The third kappa shape index (κ3) is 3.47. The van der Waals surface area contributed by atoms with E-state index in [0.29, 0.717) is 29.5 Å². The number of nitrogens with zero attached hydrogens (tertiary/aromatic N) is 2. The summed E-state index contributed by atoms with van der Waals surface area (Å²) < 4.78 is 15.8. The minimum Gasteiger partial charge on any atom is -0.497 e. The van der Waals surface area contributed by atoms with Crippen molar-refractivity contribution in [3.05, 3.63) is 39.8 Å². The lowest BCUT2D eigenvalue weighted by Gasteiger charge is -2.05. The van der Waals surface area contributed by atoms with E-state index in [1.165, 1.54) is 11.3 Å². The molecule has 1 aromatic carbocycles. The fraction of sp³-hybridized carbons (Fsp3) is 0.286. The van der Waals surface area contributed by atoms with E-state index in [1.54, 1.807) is 20.3 Å². The maximum absolute atomic E-state index is 9.02. The summed E-state index contributed by atoms with van der Waals surface area (Å²) in [5.41, 5.74) is 0.657. The fourth-order valence-electron chi connectivity index (χ4n) is 1.62. The van der Waals surface area contributed by atoms with Crippen molar-refractivity contribution in [2.75, 3.05) is 14.2 Å². The van der Waals surface area contributed by atoms with Gasteiger partial charge in [0.05, 0.1) is 19.4 Å². The molecule has 0 amide bonds. The number of hydrogen-bond acceptors (Lipinski definition) is 6. The van der Waals surface area contributed by atoms with E-state index >= 15 is 0 Å². The Morgan fingerprint density at radius 2 is 2.05 bits per heavy atom. The summed E-state index contributed by atoms with van der Waals surface area (Å²) in [5.74, 6) is 1.44. The predicted molar refractivity (Wildman–Crippen MR) is 74.9 cm³/mol. The van der Waals surface area contributed by atoms with Crippen molar-refractivity contribution in [1.29, 1.82) is 5.26 Å². The number of thiazole rings is 1. The average molecular weight is 290 g/mol. The van der Waals surface area contributed by atoms with Crippen LogP contribution in [0.4, 0.5) is 0 Å². The predicted octanol–water partition coefficient (Wildman–Crippen LogP) is 2.75. The summed E-state index contributed by atoms with van der Waals surface area (Å²) in [6.45, 7) is 0.648. The van der Waals surface area contributed by atoms with Crippen LogP contribution in [-0.4, -0.2) is 19.2 Å². The second-order valence-corrected chi connectivity index (χ2v) is 4.98. The second kappa shape index (κ2) is 6.89. The number of ether oxygens (including phenoxy) is 3. The smallest absolute Gasteiger partial charge is 0.140 e. The van der Waals surface area contributed by atoms with E-state index in [9.17, 15) is 0 Å². The number of aromatic nitrogens is 1. The van der Waals surface area contributed by atoms with Crippen molar-refractivity contribution in [3.8, 4) is 17.6 Å². The van der Waals surface area contributed by atoms with E-state index in [-0.39, 0.29) is 0 Å². The third-order valence-electron chi connectivity index (χ3n) is 2.53. The lowest BCUT2D eigenvalue weighted by atomic mass is 10.3. The Kier molecular flexibility index (Phi) is 4.93. The van der Waals surface area contributed by atoms with Crippen LogP contribution >= 0.6 is 11.3 Å². The maximum atomic E-state index is 9.02. The highest BCUT2D eigenvalue weighted by atomic mass is 32.1. The van der Waals surface area contributed by atoms with E-state index in [2.05, 4.69) is 11.1 Å². The molecule has 0 N–H and O–H groups in total. The summed E-state index contributed by atoms with van der Waals surface area (Å²) in [4.78, 5) is 4.91. The highest BCUT2D eigenvalue weighted by Crippen LogP contribution is 2.23. The molecule has 0 aliphatic carbocycles. The van der Waals surface area contributed by atoms with Crippen molar-refractivity contribution in [1.82, 2.24) is 4.98 Å². The Hall–Kier alpha value is -2.10. The van der Waals surface area contributed by atoms with Gasteiger partial charge in [0.15, 0.2) is 0 Å². The Morgan fingerprint density at radius 1 is 1.25 bits per heavy atom. The molecule has 0 saturated carbocycles. The second-order valence-electron chi connectivity index (χ2n) is 3.90. The number of benzene rings is 1. The van der Waals surface area contributed by atoms with Crippen molar-refractivity contribution in [2.24, 2.45) is 0 Å². The summed E-state index contributed by atoms with van der Waals surface area (Å²) in [7, 11) is 3.18. The lowest BCUT2D eigenvalue weighted by molar-refractivity contribution is 0.181. The number of nitriles is 1. The van der Waals surface area contributed by atoms with Gasteiger partial charge in [-0.2, -0.15) is 5.26 Å². The first-order valence-electron chi connectivity index (χ1n) is 5.91. The van der Waals surface area contributed by atoms with Gasteiger partial charge in [-0.05, 0) is 12.1 Å². The van der Waals surface area contributed by atoms with Gasteiger partial charge in [-0.25, -0.2) is 4.98 Å². The molecule has 0 spiro atoms. The standard InChI is InChI=1S/C14H14N2O3S/c1-17-8-12-13(7-15)20-14(16-12)9-19-11-5-3-4-10(6-11)18-2/h3-6H,8-9H2,1-2H3. The molecule has 0 saturated heterocycles. The summed E-state index contributed by atoms with van der Waals surface area (Å²) >= 11 is 1.32. The van der Waals surface area contributed by atoms with Gasteiger partial charge in [0, 0.05) is 13.2 Å². The van der Waals surface area contributed by atoms with Gasteiger partial charge in [0.2, 0.25) is 0 Å². The van der Waals surface area contributed by atoms with Crippen molar-refractivity contribution in [2.45, 2.75) is 13.2 Å². The topological polar surface area (TPSA) is 64.4 Å². The largest absolute Gasteiger partial charge is 0.497 e. The van der Waals surface area contributed by atoms with E-state index in [0.717, 1.165) is 10.8 Å². The monoisotopic (exact) mass is 290 g/mol. The van der Waals surface area contributed by atoms with E-state index in [1.807, 2.05) is 18.2 Å². The Balaban J connectivity index is 2.05. The molecular formula is C14H14N2O3S. The molecule has 2 rings (SSSR count). The molecule has 20 heavy (non-hydrogen) atoms. The Labute approximate surface area is 121 Å². The molecule has 104 valence electrons. The molecule has 2 aromatic rings. The van der Waals surface area contributed by atoms with Gasteiger partial charge in [-0.1, -0.05) is 6.07 Å². The average Bonchev–Trinajstić information content (AvgIpc) is 2.88. The first kappa shape index (κ1) is 14.3. The molecule has 0 unspecified atom stereocenters. The van der Waals surface area contributed by atoms with Crippen LogP contribution in [0.5, 0.6) is 11.5 Å². The molecule has 6 heteroatoms. The van der Waals surface area contributed by atoms with Crippen LogP contribution in [0.25, 0.3) is 0 Å². The van der Waals surface area contributed by atoms with E-state index < -0.39 is 0 Å². The Morgan fingerprint density at radius 3 is 2.75 bits per heavy atom. The highest BCUT2D eigenvalue weighted by molar-refractivity contribution is 7.12. The molecule has 0 bridgehead atoms. The number of methoxy groups -OCH3 is 2.